The highest BCUT2D eigenvalue weighted by atomic mass is 32.1. The third-order valence-corrected chi connectivity index (χ3v) is 5.43. The number of rotatable bonds is 7. The van der Waals surface area contributed by atoms with Crippen LogP contribution in [0.25, 0.3) is 16.2 Å². The molecule has 28 heavy (non-hydrogen) atoms. The van der Waals surface area contributed by atoms with Gasteiger partial charge in [0.1, 0.15) is 11.6 Å². The number of carbonyl (C=O) groups is 1. The maximum atomic E-state index is 12.0. The van der Waals surface area contributed by atoms with Crippen molar-refractivity contribution in [2.75, 3.05) is 0 Å². The van der Waals surface area contributed by atoms with E-state index in [1.165, 1.54) is 0 Å². The molecule has 142 valence electrons. The summed E-state index contributed by atoms with van der Waals surface area (Å²) < 4.78 is 1.61. The molecule has 4 aromatic rings. The largest absolute Gasteiger partial charge is 0.481 e. The summed E-state index contributed by atoms with van der Waals surface area (Å²) in [5.74, 6) is -1.49. The summed E-state index contributed by atoms with van der Waals surface area (Å²) in [6.07, 6.45) is 5.38. The first kappa shape index (κ1) is 18.2. The molecule has 4 aromatic heterocycles. The molecule has 0 amide bonds. The lowest BCUT2D eigenvalue weighted by atomic mass is 10.00. The van der Waals surface area contributed by atoms with Crippen LogP contribution in [-0.2, 0) is 17.6 Å². The lowest BCUT2D eigenvalue weighted by Gasteiger charge is -2.11. The van der Waals surface area contributed by atoms with Gasteiger partial charge in [-0.05, 0) is 42.0 Å². The SMILES string of the molecule is CCCc1cc(-c2cccs2)nn2c(C(Cc3cccnc3)C(=O)O)nnc12. The molecule has 1 atom stereocenters. The van der Waals surface area contributed by atoms with E-state index in [2.05, 4.69) is 27.2 Å². The molecule has 0 fully saturated rings. The maximum absolute atomic E-state index is 12.0. The monoisotopic (exact) mass is 393 g/mol. The van der Waals surface area contributed by atoms with Crippen LogP contribution in [0.2, 0.25) is 0 Å². The number of hydrogen-bond acceptors (Lipinski definition) is 6. The van der Waals surface area contributed by atoms with Crippen LogP contribution in [0.4, 0.5) is 0 Å². The zero-order valence-electron chi connectivity index (χ0n) is 15.3. The van der Waals surface area contributed by atoms with E-state index in [1.54, 1.807) is 34.3 Å². The topological polar surface area (TPSA) is 93.3 Å². The van der Waals surface area contributed by atoms with Crippen molar-refractivity contribution < 1.29 is 9.90 Å². The van der Waals surface area contributed by atoms with Gasteiger partial charge in [-0.25, -0.2) is 0 Å². The lowest BCUT2D eigenvalue weighted by molar-refractivity contribution is -0.139. The fourth-order valence-electron chi connectivity index (χ4n) is 3.22. The zero-order valence-corrected chi connectivity index (χ0v) is 16.1. The fraction of sp³-hybridized carbons (Fsp3) is 0.250. The van der Waals surface area contributed by atoms with Crippen molar-refractivity contribution in [3.63, 3.8) is 0 Å². The lowest BCUT2D eigenvalue weighted by Crippen LogP contribution is -2.18. The Morgan fingerprint density at radius 1 is 1.29 bits per heavy atom. The van der Waals surface area contributed by atoms with E-state index >= 15 is 0 Å². The Kier molecular flexibility index (Phi) is 5.12. The Balaban J connectivity index is 1.84. The van der Waals surface area contributed by atoms with Crippen LogP contribution in [0.5, 0.6) is 0 Å². The fourth-order valence-corrected chi connectivity index (χ4v) is 3.90. The number of thiophene rings is 1. The van der Waals surface area contributed by atoms with Crippen molar-refractivity contribution >= 4 is 23.0 Å². The molecule has 0 aliphatic carbocycles. The predicted octanol–water partition coefficient (Wildman–Crippen LogP) is 3.61. The van der Waals surface area contributed by atoms with Crippen LogP contribution in [0.15, 0.2) is 48.1 Å². The third kappa shape index (κ3) is 3.50. The van der Waals surface area contributed by atoms with Gasteiger partial charge in [-0.2, -0.15) is 9.61 Å². The van der Waals surface area contributed by atoms with Crippen molar-refractivity contribution in [1.82, 2.24) is 24.8 Å². The molecule has 0 aliphatic rings. The highest BCUT2D eigenvalue weighted by Gasteiger charge is 2.27. The number of nitrogens with zero attached hydrogens (tertiary/aromatic N) is 5. The standard InChI is InChI=1S/C20H19N5O2S/c1-2-5-14-11-16(17-7-4-9-28-17)24-25-18(14)22-23-19(25)15(20(26)27)10-13-6-3-8-21-12-13/h3-4,6-9,11-12,15H,2,5,10H2,1H3,(H,26,27). The first-order valence-electron chi connectivity index (χ1n) is 9.08. The van der Waals surface area contributed by atoms with Crippen molar-refractivity contribution in [1.29, 1.82) is 0 Å². The summed E-state index contributed by atoms with van der Waals surface area (Å²) in [4.78, 5) is 17.1. The molecule has 0 aromatic carbocycles. The minimum absolute atomic E-state index is 0.276. The summed E-state index contributed by atoms with van der Waals surface area (Å²) in [7, 11) is 0. The first-order valence-corrected chi connectivity index (χ1v) is 9.96. The highest BCUT2D eigenvalue weighted by Crippen LogP contribution is 2.27. The minimum Gasteiger partial charge on any atom is -0.481 e. The number of aromatic nitrogens is 5. The molecule has 0 aliphatic heterocycles. The summed E-state index contributed by atoms with van der Waals surface area (Å²) in [6, 6.07) is 9.66. The Hall–Kier alpha value is -3.13. The van der Waals surface area contributed by atoms with Crippen LogP contribution in [0.1, 0.15) is 36.2 Å². The van der Waals surface area contributed by atoms with Gasteiger partial charge in [-0.3, -0.25) is 9.78 Å². The molecule has 0 saturated heterocycles. The van der Waals surface area contributed by atoms with E-state index in [0.29, 0.717) is 11.5 Å². The highest BCUT2D eigenvalue weighted by molar-refractivity contribution is 7.13. The van der Waals surface area contributed by atoms with E-state index < -0.39 is 11.9 Å². The summed E-state index contributed by atoms with van der Waals surface area (Å²) in [5.41, 5.74) is 3.27. The Bertz CT molecular complexity index is 1090. The van der Waals surface area contributed by atoms with E-state index in [-0.39, 0.29) is 6.42 Å². The Labute approximate surface area is 165 Å². The summed E-state index contributed by atoms with van der Waals surface area (Å²) in [5, 5.41) is 25.1. The molecular weight excluding hydrogens is 374 g/mol. The average Bonchev–Trinajstić information content (AvgIpc) is 3.37. The quantitative estimate of drug-likeness (QED) is 0.515. The number of pyridine rings is 1. The molecule has 1 unspecified atom stereocenters. The van der Waals surface area contributed by atoms with Gasteiger partial charge in [-0.15, -0.1) is 21.5 Å². The second-order valence-corrected chi connectivity index (χ2v) is 7.48. The molecule has 8 heteroatoms. The van der Waals surface area contributed by atoms with E-state index in [4.69, 9.17) is 0 Å². The predicted molar refractivity (Wildman–Crippen MR) is 106 cm³/mol. The van der Waals surface area contributed by atoms with Crippen LogP contribution in [-0.4, -0.2) is 35.9 Å². The van der Waals surface area contributed by atoms with Crippen LogP contribution in [0, 0.1) is 0 Å². The van der Waals surface area contributed by atoms with Gasteiger partial charge < -0.3 is 5.11 Å². The van der Waals surface area contributed by atoms with Gasteiger partial charge in [0, 0.05) is 18.0 Å². The molecule has 7 nitrogen and oxygen atoms in total. The zero-order chi connectivity index (χ0) is 19.5. The molecular formula is C20H19N5O2S. The van der Waals surface area contributed by atoms with Crippen molar-refractivity contribution in [3.8, 4) is 10.6 Å². The number of aryl methyl sites for hydroxylation is 1. The van der Waals surface area contributed by atoms with Gasteiger partial charge in [0.25, 0.3) is 0 Å². The van der Waals surface area contributed by atoms with Crippen LogP contribution in [0.3, 0.4) is 0 Å². The van der Waals surface area contributed by atoms with Gasteiger partial charge in [0.2, 0.25) is 0 Å². The first-order chi connectivity index (χ1) is 13.7. The molecule has 0 bridgehead atoms. The van der Waals surface area contributed by atoms with E-state index in [1.807, 2.05) is 29.6 Å². The number of aliphatic carboxylic acids is 1. The van der Waals surface area contributed by atoms with Crippen molar-refractivity contribution in [2.45, 2.75) is 32.1 Å². The molecule has 1 N–H and O–H groups in total. The van der Waals surface area contributed by atoms with Crippen molar-refractivity contribution in [2.24, 2.45) is 0 Å². The van der Waals surface area contributed by atoms with Gasteiger partial charge in [0.05, 0.1) is 4.88 Å². The van der Waals surface area contributed by atoms with Gasteiger partial charge in [0.15, 0.2) is 11.5 Å². The van der Waals surface area contributed by atoms with E-state index in [0.717, 1.165) is 34.5 Å². The molecule has 0 spiro atoms. The normalized spacial score (nSPS) is 12.3. The average molecular weight is 393 g/mol. The summed E-state index contributed by atoms with van der Waals surface area (Å²) >= 11 is 1.60. The number of carboxylic acid groups (broad SMARTS) is 1. The third-order valence-electron chi connectivity index (χ3n) is 4.54. The molecule has 0 saturated carbocycles. The Morgan fingerprint density at radius 3 is 2.86 bits per heavy atom. The smallest absolute Gasteiger partial charge is 0.314 e. The maximum Gasteiger partial charge on any atom is 0.314 e. The molecule has 4 rings (SSSR count). The van der Waals surface area contributed by atoms with Crippen LogP contribution >= 0.6 is 11.3 Å². The second-order valence-electron chi connectivity index (χ2n) is 6.53. The van der Waals surface area contributed by atoms with Crippen molar-refractivity contribution in [3.05, 3.63) is 65.1 Å². The second kappa shape index (κ2) is 7.85. The van der Waals surface area contributed by atoms with Gasteiger partial charge in [-0.1, -0.05) is 25.5 Å². The summed E-state index contributed by atoms with van der Waals surface area (Å²) in [6.45, 7) is 2.10. The number of carboxylic acids is 1. The Morgan fingerprint density at radius 2 is 2.18 bits per heavy atom. The minimum atomic E-state index is -0.960. The van der Waals surface area contributed by atoms with E-state index in [9.17, 15) is 9.90 Å². The molecule has 0 radical (unpaired) electrons. The van der Waals surface area contributed by atoms with Gasteiger partial charge >= 0.3 is 5.97 Å². The van der Waals surface area contributed by atoms with Crippen LogP contribution < -0.4 is 0 Å². The number of fused-ring (bicyclic) bond motifs is 1. The number of hydrogen-bond donors (Lipinski definition) is 1. The molecule has 4 heterocycles.